The second kappa shape index (κ2) is 8.12. The van der Waals surface area contributed by atoms with Crippen LogP contribution in [0.3, 0.4) is 0 Å². The maximum Gasteiger partial charge on any atom is 0.254 e. The summed E-state index contributed by atoms with van der Waals surface area (Å²) in [5.74, 6) is 1.58. The van der Waals surface area contributed by atoms with Crippen LogP contribution in [0.25, 0.3) is 0 Å². The van der Waals surface area contributed by atoms with Crippen LogP contribution >= 0.6 is 22.9 Å². The van der Waals surface area contributed by atoms with E-state index in [0.29, 0.717) is 35.2 Å². The maximum atomic E-state index is 13.4. The molecule has 0 unspecified atom stereocenters. The van der Waals surface area contributed by atoms with E-state index in [1.807, 2.05) is 41.8 Å². The predicted octanol–water partition coefficient (Wildman–Crippen LogP) is 4.98. The second-order valence-electron chi connectivity index (χ2n) is 6.24. The van der Waals surface area contributed by atoms with E-state index in [4.69, 9.17) is 25.8 Å². The molecule has 1 aromatic heterocycles. The summed E-state index contributed by atoms with van der Waals surface area (Å²) in [5.41, 5.74) is 1.39. The first-order valence-corrected chi connectivity index (χ1v) is 9.94. The van der Waals surface area contributed by atoms with E-state index >= 15 is 0 Å². The molecular formula is C21H18ClNO4S. The van der Waals surface area contributed by atoms with Crippen LogP contribution in [0.1, 0.15) is 20.8 Å². The van der Waals surface area contributed by atoms with E-state index in [1.54, 1.807) is 35.5 Å². The molecule has 0 spiro atoms. The summed E-state index contributed by atoms with van der Waals surface area (Å²) < 4.78 is 16.2. The molecule has 3 aromatic rings. The van der Waals surface area contributed by atoms with Crippen molar-refractivity contribution in [1.29, 1.82) is 0 Å². The smallest absolute Gasteiger partial charge is 0.254 e. The van der Waals surface area contributed by atoms with E-state index in [-0.39, 0.29) is 12.7 Å². The van der Waals surface area contributed by atoms with Crippen LogP contribution in [-0.2, 0) is 13.1 Å². The number of carbonyl (C=O) groups excluding carboxylic acids is 1. The highest BCUT2D eigenvalue weighted by molar-refractivity contribution is 7.09. The first kappa shape index (κ1) is 18.7. The first-order valence-electron chi connectivity index (χ1n) is 8.68. The minimum absolute atomic E-state index is 0.104. The standard InChI is InChI=1S/C21H18ClNO4S/c1-25-18-7-3-2-5-14(18)11-23(12-16-6-4-8-28-16)21(24)15-9-17(22)20-19(10-15)26-13-27-20/h2-10H,11-13H2,1H3. The van der Waals surface area contributed by atoms with Gasteiger partial charge in [-0.15, -0.1) is 11.3 Å². The van der Waals surface area contributed by atoms with Crippen molar-refractivity contribution in [3.05, 3.63) is 74.9 Å². The molecule has 0 aliphatic carbocycles. The second-order valence-corrected chi connectivity index (χ2v) is 7.68. The van der Waals surface area contributed by atoms with Crippen molar-refractivity contribution in [2.45, 2.75) is 13.1 Å². The number of ether oxygens (including phenoxy) is 3. The Bertz CT molecular complexity index is 990. The molecule has 2 heterocycles. The van der Waals surface area contributed by atoms with Gasteiger partial charge in [0.25, 0.3) is 5.91 Å². The van der Waals surface area contributed by atoms with Crippen molar-refractivity contribution in [2.24, 2.45) is 0 Å². The number of para-hydroxylation sites is 1. The number of rotatable bonds is 6. The van der Waals surface area contributed by atoms with Gasteiger partial charge in [-0.3, -0.25) is 4.79 Å². The first-order chi connectivity index (χ1) is 13.7. The molecule has 0 saturated carbocycles. The number of hydrogen-bond acceptors (Lipinski definition) is 5. The van der Waals surface area contributed by atoms with Gasteiger partial charge in [-0.05, 0) is 29.6 Å². The summed E-state index contributed by atoms with van der Waals surface area (Å²) in [5, 5.41) is 2.37. The molecule has 144 valence electrons. The summed E-state index contributed by atoms with van der Waals surface area (Å²) in [6.45, 7) is 1.00. The maximum absolute atomic E-state index is 13.4. The lowest BCUT2D eigenvalue weighted by molar-refractivity contribution is 0.0730. The number of benzene rings is 2. The number of hydrogen-bond donors (Lipinski definition) is 0. The van der Waals surface area contributed by atoms with Crippen LogP contribution in [0.4, 0.5) is 0 Å². The third-order valence-corrected chi connectivity index (χ3v) is 5.58. The van der Waals surface area contributed by atoms with Gasteiger partial charge in [0, 0.05) is 16.0 Å². The van der Waals surface area contributed by atoms with Crippen LogP contribution in [0.2, 0.25) is 5.02 Å². The van der Waals surface area contributed by atoms with Crippen molar-refractivity contribution in [3.63, 3.8) is 0 Å². The van der Waals surface area contributed by atoms with Crippen LogP contribution in [0.5, 0.6) is 17.2 Å². The minimum Gasteiger partial charge on any atom is -0.496 e. The minimum atomic E-state index is -0.139. The molecule has 2 aromatic carbocycles. The Morgan fingerprint density at radius 2 is 2.04 bits per heavy atom. The average Bonchev–Trinajstić information content (AvgIpc) is 3.39. The Morgan fingerprint density at radius 3 is 2.82 bits per heavy atom. The number of methoxy groups -OCH3 is 1. The molecule has 0 saturated heterocycles. The topological polar surface area (TPSA) is 48.0 Å². The normalized spacial score (nSPS) is 12.1. The van der Waals surface area contributed by atoms with Crippen molar-refractivity contribution in [3.8, 4) is 17.2 Å². The molecule has 28 heavy (non-hydrogen) atoms. The molecule has 0 fully saturated rings. The Balaban J connectivity index is 1.67. The molecule has 1 aliphatic rings. The van der Waals surface area contributed by atoms with Crippen molar-refractivity contribution in [1.82, 2.24) is 4.90 Å². The Morgan fingerprint density at radius 1 is 1.18 bits per heavy atom. The third kappa shape index (κ3) is 3.79. The van der Waals surface area contributed by atoms with Gasteiger partial charge in [-0.25, -0.2) is 0 Å². The predicted molar refractivity (Wildman–Crippen MR) is 108 cm³/mol. The fraction of sp³-hybridized carbons (Fsp3) is 0.190. The Labute approximate surface area is 172 Å². The van der Waals surface area contributed by atoms with E-state index in [1.165, 1.54) is 0 Å². The quantitative estimate of drug-likeness (QED) is 0.569. The highest BCUT2D eigenvalue weighted by atomic mass is 35.5. The van der Waals surface area contributed by atoms with Crippen LogP contribution in [-0.4, -0.2) is 24.7 Å². The summed E-state index contributed by atoms with van der Waals surface area (Å²) in [6, 6.07) is 15.0. The Hall–Kier alpha value is -2.70. The third-order valence-electron chi connectivity index (χ3n) is 4.44. The van der Waals surface area contributed by atoms with Crippen molar-refractivity contribution < 1.29 is 19.0 Å². The zero-order valence-corrected chi connectivity index (χ0v) is 16.8. The molecular weight excluding hydrogens is 398 g/mol. The zero-order chi connectivity index (χ0) is 19.5. The number of amides is 1. The lowest BCUT2D eigenvalue weighted by Gasteiger charge is -2.23. The number of carbonyl (C=O) groups is 1. The highest BCUT2D eigenvalue weighted by Gasteiger charge is 2.24. The molecule has 0 bridgehead atoms. The monoisotopic (exact) mass is 415 g/mol. The Kier molecular flexibility index (Phi) is 5.41. The van der Waals surface area contributed by atoms with Gasteiger partial charge in [0.05, 0.1) is 25.2 Å². The fourth-order valence-electron chi connectivity index (χ4n) is 3.10. The van der Waals surface area contributed by atoms with Crippen LogP contribution in [0, 0.1) is 0 Å². The molecule has 1 aliphatic heterocycles. The van der Waals surface area contributed by atoms with Gasteiger partial charge in [0.1, 0.15) is 5.75 Å². The molecule has 0 N–H and O–H groups in total. The van der Waals surface area contributed by atoms with E-state index in [2.05, 4.69) is 0 Å². The molecule has 0 radical (unpaired) electrons. The van der Waals surface area contributed by atoms with Gasteiger partial charge in [-0.1, -0.05) is 35.9 Å². The van der Waals surface area contributed by atoms with Gasteiger partial charge >= 0.3 is 0 Å². The summed E-state index contributed by atoms with van der Waals surface area (Å²) in [7, 11) is 1.63. The lowest BCUT2D eigenvalue weighted by Crippen LogP contribution is -2.30. The zero-order valence-electron chi connectivity index (χ0n) is 15.2. The number of thiophene rings is 1. The van der Waals surface area contributed by atoms with Gasteiger partial charge in [0.2, 0.25) is 6.79 Å². The SMILES string of the molecule is COc1ccccc1CN(Cc1cccs1)C(=O)c1cc(Cl)c2c(c1)OCO2. The fourth-order valence-corrected chi connectivity index (χ4v) is 4.09. The largest absolute Gasteiger partial charge is 0.496 e. The van der Waals surface area contributed by atoms with E-state index < -0.39 is 0 Å². The van der Waals surface area contributed by atoms with E-state index in [9.17, 15) is 4.79 Å². The molecule has 7 heteroatoms. The summed E-state index contributed by atoms with van der Waals surface area (Å²) >= 11 is 7.89. The van der Waals surface area contributed by atoms with Gasteiger partial charge < -0.3 is 19.1 Å². The number of halogens is 1. The van der Waals surface area contributed by atoms with E-state index in [0.717, 1.165) is 16.2 Å². The highest BCUT2D eigenvalue weighted by Crippen LogP contribution is 2.40. The molecule has 0 atom stereocenters. The number of fused-ring (bicyclic) bond motifs is 1. The van der Waals surface area contributed by atoms with Gasteiger partial charge in [-0.2, -0.15) is 0 Å². The van der Waals surface area contributed by atoms with Crippen LogP contribution in [0.15, 0.2) is 53.9 Å². The van der Waals surface area contributed by atoms with Crippen molar-refractivity contribution in [2.75, 3.05) is 13.9 Å². The lowest BCUT2D eigenvalue weighted by atomic mass is 10.1. The summed E-state index contributed by atoms with van der Waals surface area (Å²) in [6.07, 6.45) is 0. The molecule has 4 rings (SSSR count). The van der Waals surface area contributed by atoms with Crippen molar-refractivity contribution >= 4 is 28.8 Å². The average molecular weight is 416 g/mol. The molecule has 5 nitrogen and oxygen atoms in total. The van der Waals surface area contributed by atoms with Crippen LogP contribution < -0.4 is 14.2 Å². The van der Waals surface area contributed by atoms with Gasteiger partial charge in [0.15, 0.2) is 11.5 Å². The molecule has 1 amide bonds. The number of nitrogens with zero attached hydrogens (tertiary/aromatic N) is 1. The summed E-state index contributed by atoms with van der Waals surface area (Å²) in [4.78, 5) is 16.2.